The summed E-state index contributed by atoms with van der Waals surface area (Å²) in [5.41, 5.74) is -1.15. The number of aliphatic hydroxyl groups excluding tert-OH is 1. The van der Waals surface area contributed by atoms with Gasteiger partial charge in [0.25, 0.3) is 0 Å². The number of hydrogen-bond acceptors (Lipinski definition) is 4. The molecule has 0 saturated heterocycles. The number of carbonyl (C=O) groups excluding carboxylic acids is 1. The van der Waals surface area contributed by atoms with Gasteiger partial charge in [-0.15, -0.1) is 0 Å². The van der Waals surface area contributed by atoms with Gasteiger partial charge in [0.15, 0.2) is 6.10 Å². The van der Waals surface area contributed by atoms with Crippen molar-refractivity contribution in [3.05, 3.63) is 29.8 Å². The van der Waals surface area contributed by atoms with E-state index in [1.165, 1.54) is 6.92 Å². The fourth-order valence-corrected chi connectivity index (χ4v) is 1.51. The second-order valence-corrected chi connectivity index (χ2v) is 3.47. The molecular formula is C10H10O4. The van der Waals surface area contributed by atoms with E-state index in [4.69, 9.17) is 4.74 Å². The molecule has 0 saturated carbocycles. The zero-order valence-electron chi connectivity index (χ0n) is 7.60. The van der Waals surface area contributed by atoms with Crippen molar-refractivity contribution in [2.75, 3.05) is 0 Å². The molecule has 2 atom stereocenters. The Kier molecular flexibility index (Phi) is 1.83. The van der Waals surface area contributed by atoms with Crippen LogP contribution < -0.4 is 4.74 Å². The average molecular weight is 194 g/mol. The van der Waals surface area contributed by atoms with Crippen molar-refractivity contribution in [2.24, 2.45) is 0 Å². The Hall–Kier alpha value is -1.39. The summed E-state index contributed by atoms with van der Waals surface area (Å²) in [6, 6.07) is 6.59. The summed E-state index contributed by atoms with van der Waals surface area (Å²) in [5, 5.41) is 19.3. The van der Waals surface area contributed by atoms with Crippen LogP contribution in [-0.2, 0) is 10.4 Å². The molecule has 2 unspecified atom stereocenters. The smallest absolute Gasteiger partial charge is 0.343 e. The molecule has 74 valence electrons. The SMILES string of the molecule is CC1(O)c2ccccc2OC(=O)C1O. The van der Waals surface area contributed by atoms with Crippen molar-refractivity contribution >= 4 is 5.97 Å². The van der Waals surface area contributed by atoms with E-state index in [-0.39, 0.29) is 0 Å². The van der Waals surface area contributed by atoms with Crippen molar-refractivity contribution in [3.63, 3.8) is 0 Å². The van der Waals surface area contributed by atoms with Crippen LogP contribution in [0.5, 0.6) is 5.75 Å². The highest BCUT2D eigenvalue weighted by atomic mass is 16.6. The molecule has 1 aromatic carbocycles. The minimum absolute atomic E-state index is 0.299. The molecule has 0 amide bonds. The zero-order valence-corrected chi connectivity index (χ0v) is 7.60. The normalized spacial score (nSPS) is 30.8. The number of rotatable bonds is 0. The van der Waals surface area contributed by atoms with Gasteiger partial charge in [-0.2, -0.15) is 0 Å². The van der Waals surface area contributed by atoms with Crippen molar-refractivity contribution < 1.29 is 19.7 Å². The fourth-order valence-electron chi connectivity index (χ4n) is 1.51. The van der Waals surface area contributed by atoms with E-state index in [1.54, 1.807) is 24.3 Å². The summed E-state index contributed by atoms with van der Waals surface area (Å²) >= 11 is 0. The van der Waals surface area contributed by atoms with Gasteiger partial charge in [-0.25, -0.2) is 4.79 Å². The molecule has 1 aliphatic rings. The van der Waals surface area contributed by atoms with Crippen molar-refractivity contribution in [1.29, 1.82) is 0 Å². The number of aliphatic hydroxyl groups is 2. The van der Waals surface area contributed by atoms with E-state index in [0.29, 0.717) is 11.3 Å². The van der Waals surface area contributed by atoms with Crippen molar-refractivity contribution in [1.82, 2.24) is 0 Å². The average Bonchev–Trinajstić information content (AvgIpc) is 2.15. The van der Waals surface area contributed by atoms with E-state index in [1.807, 2.05) is 0 Å². The van der Waals surface area contributed by atoms with Crippen molar-refractivity contribution in [3.8, 4) is 5.75 Å². The zero-order chi connectivity index (χ0) is 10.3. The number of hydrogen-bond donors (Lipinski definition) is 2. The number of ether oxygens (including phenoxy) is 1. The highest BCUT2D eigenvalue weighted by Gasteiger charge is 2.44. The Morgan fingerprint density at radius 2 is 2.07 bits per heavy atom. The summed E-state index contributed by atoms with van der Waals surface area (Å²) < 4.78 is 4.83. The molecule has 2 N–H and O–H groups in total. The minimum Gasteiger partial charge on any atom is -0.424 e. The predicted molar refractivity (Wildman–Crippen MR) is 47.7 cm³/mol. The van der Waals surface area contributed by atoms with Crippen LogP contribution in [0.4, 0.5) is 0 Å². The van der Waals surface area contributed by atoms with Crippen LogP contribution in [-0.4, -0.2) is 22.3 Å². The molecule has 0 bridgehead atoms. The summed E-state index contributed by atoms with van der Waals surface area (Å²) in [6.07, 6.45) is -1.53. The Labute approximate surface area is 80.7 Å². The Morgan fingerprint density at radius 3 is 2.79 bits per heavy atom. The molecule has 4 nitrogen and oxygen atoms in total. The van der Waals surface area contributed by atoms with Gasteiger partial charge in [0.2, 0.25) is 0 Å². The minimum atomic E-state index is -1.58. The standard InChI is InChI=1S/C10H10O4/c1-10(13)6-4-2-3-5-7(6)14-9(12)8(10)11/h2-5,8,11,13H,1H3. The Morgan fingerprint density at radius 1 is 1.43 bits per heavy atom. The van der Waals surface area contributed by atoms with Crippen LogP contribution in [0, 0.1) is 0 Å². The monoisotopic (exact) mass is 194 g/mol. The molecule has 0 fully saturated rings. The number of carbonyl (C=O) groups is 1. The maximum absolute atomic E-state index is 11.1. The third kappa shape index (κ3) is 1.12. The van der Waals surface area contributed by atoms with Gasteiger partial charge in [-0.05, 0) is 13.0 Å². The Bertz CT molecular complexity index is 383. The molecule has 0 spiro atoms. The largest absolute Gasteiger partial charge is 0.424 e. The summed E-state index contributed by atoms with van der Waals surface area (Å²) in [4.78, 5) is 11.1. The molecule has 0 aliphatic carbocycles. The number of para-hydroxylation sites is 1. The molecule has 2 rings (SSSR count). The van der Waals surface area contributed by atoms with Gasteiger partial charge in [0, 0.05) is 5.56 Å². The van der Waals surface area contributed by atoms with Crippen LogP contribution in [0.2, 0.25) is 0 Å². The molecule has 1 aromatic rings. The maximum atomic E-state index is 11.1. The molecule has 0 radical (unpaired) electrons. The second-order valence-electron chi connectivity index (χ2n) is 3.47. The lowest BCUT2D eigenvalue weighted by Gasteiger charge is -2.33. The first-order valence-electron chi connectivity index (χ1n) is 4.25. The summed E-state index contributed by atoms with van der Waals surface area (Å²) in [5.74, 6) is -0.526. The third-order valence-electron chi connectivity index (χ3n) is 2.40. The van der Waals surface area contributed by atoms with Crippen LogP contribution in [0.25, 0.3) is 0 Å². The lowest BCUT2D eigenvalue weighted by molar-refractivity contribution is -0.164. The molecule has 1 heterocycles. The summed E-state index contributed by atoms with van der Waals surface area (Å²) in [6.45, 7) is 1.39. The highest BCUT2D eigenvalue weighted by Crippen LogP contribution is 2.36. The highest BCUT2D eigenvalue weighted by molar-refractivity contribution is 5.81. The fraction of sp³-hybridized carbons (Fsp3) is 0.300. The molecule has 4 heteroatoms. The van der Waals surface area contributed by atoms with Gasteiger partial charge in [0.05, 0.1) is 0 Å². The lowest BCUT2D eigenvalue weighted by Crippen LogP contribution is -2.47. The maximum Gasteiger partial charge on any atom is 0.343 e. The van der Waals surface area contributed by atoms with Gasteiger partial charge in [0.1, 0.15) is 11.4 Å². The van der Waals surface area contributed by atoms with Gasteiger partial charge < -0.3 is 14.9 Å². The van der Waals surface area contributed by atoms with Crippen LogP contribution in [0.15, 0.2) is 24.3 Å². The second kappa shape index (κ2) is 2.80. The summed E-state index contributed by atoms with van der Waals surface area (Å²) in [7, 11) is 0. The number of benzene rings is 1. The van der Waals surface area contributed by atoms with E-state index >= 15 is 0 Å². The topological polar surface area (TPSA) is 66.8 Å². The quantitative estimate of drug-likeness (QED) is 0.456. The first-order chi connectivity index (χ1) is 6.53. The number of esters is 1. The predicted octanol–water partition coefficient (Wildman–Crippen LogP) is 0.174. The molecular weight excluding hydrogens is 184 g/mol. The van der Waals surface area contributed by atoms with Crippen LogP contribution in [0.1, 0.15) is 12.5 Å². The van der Waals surface area contributed by atoms with Crippen LogP contribution >= 0.6 is 0 Å². The van der Waals surface area contributed by atoms with Crippen LogP contribution in [0.3, 0.4) is 0 Å². The first-order valence-corrected chi connectivity index (χ1v) is 4.25. The van der Waals surface area contributed by atoms with E-state index in [2.05, 4.69) is 0 Å². The molecule has 0 aromatic heterocycles. The lowest BCUT2D eigenvalue weighted by atomic mass is 9.87. The Balaban J connectivity index is 2.59. The van der Waals surface area contributed by atoms with Crippen molar-refractivity contribution in [2.45, 2.75) is 18.6 Å². The number of fused-ring (bicyclic) bond motifs is 1. The first kappa shape index (κ1) is 9.18. The van der Waals surface area contributed by atoms with E-state index in [0.717, 1.165) is 0 Å². The van der Waals surface area contributed by atoms with E-state index in [9.17, 15) is 15.0 Å². The van der Waals surface area contributed by atoms with Gasteiger partial charge in [-0.1, -0.05) is 18.2 Å². The van der Waals surface area contributed by atoms with Gasteiger partial charge >= 0.3 is 5.97 Å². The third-order valence-corrected chi connectivity index (χ3v) is 2.40. The van der Waals surface area contributed by atoms with E-state index < -0.39 is 17.7 Å². The van der Waals surface area contributed by atoms with Gasteiger partial charge in [-0.3, -0.25) is 0 Å². The molecule has 14 heavy (non-hydrogen) atoms. The molecule has 1 aliphatic heterocycles.